The lowest BCUT2D eigenvalue weighted by Crippen LogP contribution is -2.16. The van der Waals surface area contributed by atoms with Gasteiger partial charge in [-0.1, -0.05) is 36.0 Å². The SMILES string of the molecule is c1ccc(-c2nc(CSc3nnc(-c4cccs4)n3CC3CCCO3)co2)cc1. The smallest absolute Gasteiger partial charge is 0.226 e. The van der Waals surface area contributed by atoms with Gasteiger partial charge in [-0.05, 0) is 36.4 Å². The van der Waals surface area contributed by atoms with Gasteiger partial charge in [0.05, 0.1) is 23.2 Å². The second-order valence-corrected chi connectivity index (χ2v) is 8.72. The molecule has 0 N–H and O–H groups in total. The van der Waals surface area contributed by atoms with Gasteiger partial charge >= 0.3 is 0 Å². The zero-order valence-corrected chi connectivity index (χ0v) is 17.4. The van der Waals surface area contributed by atoms with E-state index in [-0.39, 0.29) is 6.10 Å². The maximum atomic E-state index is 5.86. The minimum absolute atomic E-state index is 0.223. The molecule has 1 aliphatic rings. The number of oxazole rings is 1. The molecule has 1 aromatic carbocycles. The van der Waals surface area contributed by atoms with E-state index in [0.29, 0.717) is 11.6 Å². The molecule has 1 saturated heterocycles. The lowest BCUT2D eigenvalue weighted by molar-refractivity contribution is 0.0953. The van der Waals surface area contributed by atoms with Crippen LogP contribution in [0, 0.1) is 0 Å². The van der Waals surface area contributed by atoms with E-state index in [4.69, 9.17) is 9.15 Å². The number of benzene rings is 1. The van der Waals surface area contributed by atoms with E-state index >= 15 is 0 Å². The van der Waals surface area contributed by atoms with Crippen LogP contribution in [0.1, 0.15) is 18.5 Å². The summed E-state index contributed by atoms with van der Waals surface area (Å²) in [5, 5.41) is 11.9. The first kappa shape index (κ1) is 18.6. The van der Waals surface area contributed by atoms with Gasteiger partial charge in [-0.15, -0.1) is 21.5 Å². The maximum absolute atomic E-state index is 5.86. The molecule has 148 valence electrons. The van der Waals surface area contributed by atoms with Crippen molar-refractivity contribution < 1.29 is 9.15 Å². The molecule has 1 unspecified atom stereocenters. The van der Waals surface area contributed by atoms with Gasteiger partial charge in [-0.2, -0.15) is 0 Å². The molecule has 1 aliphatic heterocycles. The molecule has 3 aromatic heterocycles. The van der Waals surface area contributed by atoms with Crippen molar-refractivity contribution in [2.45, 2.75) is 36.4 Å². The summed E-state index contributed by atoms with van der Waals surface area (Å²) in [5.41, 5.74) is 1.86. The van der Waals surface area contributed by atoms with Crippen molar-refractivity contribution in [2.24, 2.45) is 0 Å². The molecule has 4 aromatic rings. The van der Waals surface area contributed by atoms with Gasteiger partial charge in [-0.3, -0.25) is 4.57 Å². The number of thiophene rings is 1. The van der Waals surface area contributed by atoms with Crippen LogP contribution in [0.3, 0.4) is 0 Å². The van der Waals surface area contributed by atoms with Crippen molar-refractivity contribution in [3.63, 3.8) is 0 Å². The quantitative estimate of drug-likeness (QED) is 0.383. The Balaban J connectivity index is 1.35. The van der Waals surface area contributed by atoms with Gasteiger partial charge in [0.25, 0.3) is 0 Å². The first-order valence-corrected chi connectivity index (χ1v) is 11.4. The van der Waals surface area contributed by atoms with Crippen LogP contribution in [-0.2, 0) is 17.0 Å². The summed E-state index contributed by atoms with van der Waals surface area (Å²) in [6.45, 7) is 1.61. The van der Waals surface area contributed by atoms with E-state index in [1.165, 1.54) is 0 Å². The highest BCUT2D eigenvalue weighted by Crippen LogP contribution is 2.30. The van der Waals surface area contributed by atoms with Crippen molar-refractivity contribution in [3.05, 3.63) is 59.8 Å². The fraction of sp³-hybridized carbons (Fsp3) is 0.286. The second kappa shape index (κ2) is 8.52. The van der Waals surface area contributed by atoms with Crippen molar-refractivity contribution in [3.8, 4) is 22.2 Å². The van der Waals surface area contributed by atoms with Crippen LogP contribution in [0.2, 0.25) is 0 Å². The molecule has 0 saturated carbocycles. The second-order valence-electron chi connectivity index (χ2n) is 6.83. The highest BCUT2D eigenvalue weighted by molar-refractivity contribution is 7.98. The van der Waals surface area contributed by atoms with Gasteiger partial charge in [-0.25, -0.2) is 4.98 Å². The first-order chi connectivity index (χ1) is 14.4. The Labute approximate surface area is 177 Å². The highest BCUT2D eigenvalue weighted by Gasteiger charge is 2.22. The van der Waals surface area contributed by atoms with Crippen LogP contribution in [-0.4, -0.2) is 32.5 Å². The summed E-state index contributed by atoms with van der Waals surface area (Å²) in [4.78, 5) is 5.74. The van der Waals surface area contributed by atoms with Crippen molar-refractivity contribution in [1.82, 2.24) is 19.7 Å². The Morgan fingerprint density at radius 2 is 2.07 bits per heavy atom. The Morgan fingerprint density at radius 3 is 2.86 bits per heavy atom. The van der Waals surface area contributed by atoms with Crippen LogP contribution in [0.15, 0.2) is 63.7 Å². The predicted molar refractivity (Wildman–Crippen MR) is 114 cm³/mol. The monoisotopic (exact) mass is 424 g/mol. The average Bonchev–Trinajstić information content (AvgIpc) is 3.54. The van der Waals surface area contributed by atoms with E-state index < -0.39 is 0 Å². The normalized spacial score (nSPS) is 16.5. The van der Waals surface area contributed by atoms with E-state index in [2.05, 4.69) is 31.2 Å². The number of ether oxygens (including phenoxy) is 1. The molecule has 5 rings (SSSR count). The number of nitrogens with zero attached hydrogens (tertiary/aromatic N) is 4. The van der Waals surface area contributed by atoms with Gasteiger partial charge in [0, 0.05) is 17.9 Å². The molecule has 6 nitrogen and oxygen atoms in total. The van der Waals surface area contributed by atoms with Gasteiger partial charge in [0.15, 0.2) is 11.0 Å². The fourth-order valence-corrected chi connectivity index (χ4v) is 4.91. The van der Waals surface area contributed by atoms with Crippen LogP contribution < -0.4 is 0 Å². The van der Waals surface area contributed by atoms with Gasteiger partial charge in [0.1, 0.15) is 6.26 Å². The molecule has 0 radical (unpaired) electrons. The molecule has 29 heavy (non-hydrogen) atoms. The number of thioether (sulfide) groups is 1. The van der Waals surface area contributed by atoms with Crippen molar-refractivity contribution in [2.75, 3.05) is 6.61 Å². The largest absolute Gasteiger partial charge is 0.444 e. The molecule has 0 aliphatic carbocycles. The standard InChI is InChI=1S/C21H20N4O2S2/c1-2-6-15(7-3-1)20-22-16(13-27-20)14-29-21-24-23-19(18-9-5-11-28-18)25(21)12-17-8-4-10-26-17/h1-3,5-7,9,11,13,17H,4,8,10,12,14H2. The van der Waals surface area contributed by atoms with Gasteiger partial charge in [0.2, 0.25) is 5.89 Å². The van der Waals surface area contributed by atoms with E-state index in [9.17, 15) is 0 Å². The molecule has 8 heteroatoms. The molecular formula is C21H20N4O2S2. The molecule has 4 heterocycles. The van der Waals surface area contributed by atoms with Crippen LogP contribution in [0.4, 0.5) is 0 Å². The predicted octanol–water partition coefficient (Wildman–Crippen LogP) is 5.13. The Bertz CT molecular complexity index is 1050. The topological polar surface area (TPSA) is 66.0 Å². The number of rotatable bonds is 7. The van der Waals surface area contributed by atoms with E-state index in [1.54, 1.807) is 29.4 Å². The van der Waals surface area contributed by atoms with E-state index in [1.807, 2.05) is 36.4 Å². The first-order valence-electron chi connectivity index (χ1n) is 9.58. The molecule has 1 atom stereocenters. The number of hydrogen-bond acceptors (Lipinski definition) is 7. The third-order valence-electron chi connectivity index (χ3n) is 4.79. The molecular weight excluding hydrogens is 404 g/mol. The minimum Gasteiger partial charge on any atom is -0.444 e. The van der Waals surface area contributed by atoms with Crippen LogP contribution >= 0.6 is 23.1 Å². The molecule has 1 fully saturated rings. The van der Waals surface area contributed by atoms with Crippen LogP contribution in [0.25, 0.3) is 22.2 Å². The van der Waals surface area contributed by atoms with E-state index in [0.717, 1.165) is 53.1 Å². The Morgan fingerprint density at radius 1 is 1.14 bits per heavy atom. The fourth-order valence-electron chi connectivity index (χ4n) is 3.37. The Hall–Kier alpha value is -2.42. The number of aromatic nitrogens is 4. The summed E-state index contributed by atoms with van der Waals surface area (Å²) in [7, 11) is 0. The summed E-state index contributed by atoms with van der Waals surface area (Å²) in [6.07, 6.45) is 4.14. The summed E-state index contributed by atoms with van der Waals surface area (Å²) in [6, 6.07) is 14.1. The third-order valence-corrected chi connectivity index (χ3v) is 6.66. The molecule has 0 bridgehead atoms. The summed E-state index contributed by atoms with van der Waals surface area (Å²) in [5.74, 6) is 2.22. The molecule has 0 amide bonds. The maximum Gasteiger partial charge on any atom is 0.226 e. The zero-order valence-electron chi connectivity index (χ0n) is 15.7. The summed E-state index contributed by atoms with van der Waals surface area (Å²) < 4.78 is 13.7. The number of hydrogen-bond donors (Lipinski definition) is 0. The Kier molecular flexibility index (Phi) is 5.47. The van der Waals surface area contributed by atoms with Gasteiger partial charge < -0.3 is 9.15 Å². The highest BCUT2D eigenvalue weighted by atomic mass is 32.2. The zero-order chi connectivity index (χ0) is 19.5. The van der Waals surface area contributed by atoms with Crippen molar-refractivity contribution >= 4 is 23.1 Å². The van der Waals surface area contributed by atoms with Crippen LogP contribution in [0.5, 0.6) is 0 Å². The third kappa shape index (κ3) is 4.14. The van der Waals surface area contributed by atoms with Crippen molar-refractivity contribution in [1.29, 1.82) is 0 Å². The minimum atomic E-state index is 0.223. The summed E-state index contributed by atoms with van der Waals surface area (Å²) >= 11 is 3.30. The average molecular weight is 425 g/mol. The lowest BCUT2D eigenvalue weighted by atomic mass is 10.2. The lowest BCUT2D eigenvalue weighted by Gasteiger charge is -2.13. The molecule has 0 spiro atoms.